The summed E-state index contributed by atoms with van der Waals surface area (Å²) in [5, 5.41) is 15.0. The molecule has 4 nitrogen and oxygen atoms in total. The van der Waals surface area contributed by atoms with Crippen molar-refractivity contribution in [3.05, 3.63) is 45.7 Å². The Morgan fingerprint density at radius 2 is 2.24 bits per heavy atom. The van der Waals surface area contributed by atoms with Crippen molar-refractivity contribution in [3.63, 3.8) is 0 Å². The predicted molar refractivity (Wildman–Crippen MR) is 87.7 cm³/mol. The first kappa shape index (κ1) is 14.6. The van der Waals surface area contributed by atoms with Crippen LogP contribution in [0.25, 0.3) is 0 Å². The number of nitrogens with zero attached hydrogens (tertiary/aromatic N) is 3. The number of aliphatic hydroxyl groups excluding tert-OH is 1. The van der Waals surface area contributed by atoms with Gasteiger partial charge >= 0.3 is 0 Å². The third-order valence-electron chi connectivity index (χ3n) is 4.16. The fourth-order valence-electron chi connectivity index (χ4n) is 3.03. The normalized spacial score (nSPS) is 15.9. The van der Waals surface area contributed by atoms with Gasteiger partial charge in [-0.05, 0) is 52.9 Å². The molecule has 5 heteroatoms. The Kier molecular flexibility index (Phi) is 4.04. The van der Waals surface area contributed by atoms with Crippen LogP contribution in [0.4, 0.5) is 5.69 Å². The molecule has 0 amide bonds. The Morgan fingerprint density at radius 3 is 3.00 bits per heavy atom. The predicted octanol–water partition coefficient (Wildman–Crippen LogP) is 3.13. The largest absolute Gasteiger partial charge is 0.382 e. The van der Waals surface area contributed by atoms with Crippen molar-refractivity contribution in [3.8, 4) is 0 Å². The van der Waals surface area contributed by atoms with Crippen molar-refractivity contribution < 1.29 is 5.11 Å². The molecule has 0 saturated carbocycles. The number of anilines is 1. The van der Waals surface area contributed by atoms with Gasteiger partial charge in [0.1, 0.15) is 6.10 Å². The molecule has 2 aromatic rings. The van der Waals surface area contributed by atoms with E-state index in [0.717, 1.165) is 35.2 Å². The minimum Gasteiger partial charge on any atom is -0.382 e. The van der Waals surface area contributed by atoms with E-state index in [-0.39, 0.29) is 0 Å². The number of hydrogen-bond acceptors (Lipinski definition) is 3. The molecule has 21 heavy (non-hydrogen) atoms. The maximum Gasteiger partial charge on any atom is 0.122 e. The average Bonchev–Trinajstić information content (AvgIpc) is 2.87. The summed E-state index contributed by atoms with van der Waals surface area (Å²) in [6.07, 6.45) is 3.34. The van der Waals surface area contributed by atoms with Gasteiger partial charge in [-0.2, -0.15) is 5.10 Å². The second-order valence-electron chi connectivity index (χ2n) is 5.51. The Hall–Kier alpha value is -1.33. The number of hydrogen-bond donors (Lipinski definition) is 1. The molecule has 0 saturated heterocycles. The van der Waals surface area contributed by atoms with E-state index in [0.29, 0.717) is 0 Å². The first-order valence-electron chi connectivity index (χ1n) is 7.35. The van der Waals surface area contributed by atoms with Crippen LogP contribution in [0.3, 0.4) is 0 Å². The van der Waals surface area contributed by atoms with E-state index in [9.17, 15) is 5.11 Å². The molecule has 1 N–H and O–H groups in total. The van der Waals surface area contributed by atoms with E-state index >= 15 is 0 Å². The quantitative estimate of drug-likeness (QED) is 0.925. The van der Waals surface area contributed by atoms with Gasteiger partial charge in [-0.1, -0.05) is 12.1 Å². The van der Waals surface area contributed by atoms with Gasteiger partial charge in [-0.15, -0.1) is 0 Å². The fraction of sp³-hybridized carbons (Fsp3) is 0.438. The fourth-order valence-corrected chi connectivity index (χ4v) is 3.54. The van der Waals surface area contributed by atoms with Gasteiger partial charge in [0, 0.05) is 25.8 Å². The molecule has 1 aliphatic heterocycles. The number of halogens is 1. The van der Waals surface area contributed by atoms with Crippen molar-refractivity contribution in [2.75, 3.05) is 18.5 Å². The molecule has 0 spiro atoms. The zero-order chi connectivity index (χ0) is 15.0. The molecule has 1 aliphatic rings. The van der Waals surface area contributed by atoms with Crippen LogP contribution in [0.1, 0.15) is 36.3 Å². The van der Waals surface area contributed by atoms with Crippen molar-refractivity contribution >= 4 is 21.6 Å². The van der Waals surface area contributed by atoms with Crippen LogP contribution < -0.4 is 4.90 Å². The van der Waals surface area contributed by atoms with Gasteiger partial charge in [0.2, 0.25) is 0 Å². The third kappa shape index (κ3) is 2.60. The van der Waals surface area contributed by atoms with E-state index in [1.807, 2.05) is 17.7 Å². The highest BCUT2D eigenvalue weighted by atomic mass is 79.9. The number of aromatic nitrogens is 2. The van der Waals surface area contributed by atoms with Crippen LogP contribution in [0.15, 0.2) is 28.9 Å². The third-order valence-corrected chi connectivity index (χ3v) is 4.77. The summed E-state index contributed by atoms with van der Waals surface area (Å²) < 4.78 is 2.69. The zero-order valence-corrected chi connectivity index (χ0v) is 14.0. The summed E-state index contributed by atoms with van der Waals surface area (Å²) in [4.78, 5) is 2.28. The molecule has 1 aromatic carbocycles. The van der Waals surface area contributed by atoms with E-state index in [4.69, 9.17) is 0 Å². The standard InChI is InChI=1S/C16H20BrN3O/c1-3-20-15(13(17)10-18-20)16(21)12-6-7-14-11(9-12)5-4-8-19(14)2/h6-7,9-10,16,21H,3-5,8H2,1-2H3. The number of rotatable bonds is 3. The number of aliphatic hydroxyl groups is 1. The van der Waals surface area contributed by atoms with Crippen LogP contribution in [0, 0.1) is 0 Å². The molecule has 2 heterocycles. The van der Waals surface area contributed by atoms with Crippen LogP contribution in [0.2, 0.25) is 0 Å². The zero-order valence-electron chi connectivity index (χ0n) is 12.4. The highest BCUT2D eigenvalue weighted by molar-refractivity contribution is 9.10. The molecule has 1 atom stereocenters. The topological polar surface area (TPSA) is 41.3 Å². The highest BCUT2D eigenvalue weighted by Crippen LogP contribution is 2.33. The molecule has 0 aliphatic carbocycles. The number of aryl methyl sites for hydroxylation is 2. The molecule has 3 rings (SSSR count). The minimum atomic E-state index is -0.653. The van der Waals surface area contributed by atoms with Gasteiger partial charge < -0.3 is 10.0 Å². The smallest absolute Gasteiger partial charge is 0.122 e. The Balaban J connectivity index is 1.98. The maximum absolute atomic E-state index is 10.7. The Bertz CT molecular complexity index is 653. The molecular formula is C16H20BrN3O. The molecule has 1 unspecified atom stereocenters. The average molecular weight is 350 g/mol. The molecule has 0 radical (unpaired) electrons. The monoisotopic (exact) mass is 349 g/mol. The second-order valence-corrected chi connectivity index (χ2v) is 6.36. The molecule has 1 aromatic heterocycles. The lowest BCUT2D eigenvalue weighted by molar-refractivity contribution is 0.207. The van der Waals surface area contributed by atoms with Crippen molar-refractivity contribution in [1.82, 2.24) is 9.78 Å². The van der Waals surface area contributed by atoms with Crippen LogP contribution in [0.5, 0.6) is 0 Å². The summed E-state index contributed by atoms with van der Waals surface area (Å²) in [5.41, 5.74) is 4.35. The highest BCUT2D eigenvalue weighted by Gasteiger charge is 2.21. The minimum absolute atomic E-state index is 0.653. The van der Waals surface area contributed by atoms with E-state index < -0.39 is 6.10 Å². The summed E-state index contributed by atoms with van der Waals surface area (Å²) in [6.45, 7) is 3.87. The molecule has 112 valence electrons. The van der Waals surface area contributed by atoms with Gasteiger partial charge in [0.25, 0.3) is 0 Å². The van der Waals surface area contributed by atoms with Gasteiger partial charge in [-0.3, -0.25) is 4.68 Å². The lowest BCUT2D eigenvalue weighted by atomic mass is 9.96. The summed E-state index contributed by atoms with van der Waals surface area (Å²) in [5.74, 6) is 0. The lowest BCUT2D eigenvalue weighted by Crippen LogP contribution is -2.24. The van der Waals surface area contributed by atoms with E-state index in [1.165, 1.54) is 17.7 Å². The van der Waals surface area contributed by atoms with Crippen molar-refractivity contribution in [2.45, 2.75) is 32.4 Å². The molecular weight excluding hydrogens is 330 g/mol. The van der Waals surface area contributed by atoms with Crippen LogP contribution in [-0.4, -0.2) is 28.5 Å². The van der Waals surface area contributed by atoms with Crippen molar-refractivity contribution in [1.29, 1.82) is 0 Å². The molecule has 0 fully saturated rings. The maximum atomic E-state index is 10.7. The van der Waals surface area contributed by atoms with Gasteiger partial charge in [0.15, 0.2) is 0 Å². The van der Waals surface area contributed by atoms with E-state index in [1.54, 1.807) is 6.20 Å². The Labute approximate surface area is 133 Å². The summed E-state index contributed by atoms with van der Waals surface area (Å²) >= 11 is 3.49. The van der Waals surface area contributed by atoms with Crippen LogP contribution in [-0.2, 0) is 13.0 Å². The van der Waals surface area contributed by atoms with Gasteiger partial charge in [0.05, 0.1) is 16.4 Å². The van der Waals surface area contributed by atoms with Crippen LogP contribution >= 0.6 is 15.9 Å². The second kappa shape index (κ2) is 5.81. The first-order chi connectivity index (χ1) is 10.1. The Morgan fingerprint density at radius 1 is 1.43 bits per heavy atom. The number of fused-ring (bicyclic) bond motifs is 1. The lowest BCUT2D eigenvalue weighted by Gasteiger charge is -2.28. The SMILES string of the molecule is CCn1ncc(Br)c1C(O)c1ccc2c(c1)CCCN2C. The van der Waals surface area contributed by atoms with Crippen molar-refractivity contribution in [2.24, 2.45) is 0 Å². The number of benzene rings is 1. The van der Waals surface area contributed by atoms with E-state index in [2.05, 4.69) is 45.1 Å². The summed E-state index contributed by atoms with van der Waals surface area (Å²) in [6, 6.07) is 6.27. The molecule has 0 bridgehead atoms. The summed E-state index contributed by atoms with van der Waals surface area (Å²) in [7, 11) is 2.12. The van der Waals surface area contributed by atoms with Gasteiger partial charge in [-0.25, -0.2) is 0 Å². The first-order valence-corrected chi connectivity index (χ1v) is 8.14.